The molecule has 0 saturated carbocycles. The van der Waals surface area contributed by atoms with E-state index in [0.29, 0.717) is 31.7 Å². The van der Waals surface area contributed by atoms with Crippen LogP contribution in [-0.2, 0) is 18.3 Å². The van der Waals surface area contributed by atoms with Crippen LogP contribution in [0.3, 0.4) is 0 Å². The molecule has 2 aromatic heterocycles. The molecule has 8 nitrogen and oxygen atoms in total. The second kappa shape index (κ2) is 11.1. The number of halogens is 3. The van der Waals surface area contributed by atoms with E-state index in [4.69, 9.17) is 4.74 Å². The molecule has 182 valence electrons. The predicted molar refractivity (Wildman–Crippen MR) is 122 cm³/mol. The standard InChI is InChI=1S/C21H20F3N5O3.C2H6/c1-28-19-14(9-15(20(28)30)21(31)29-5-7-32-8-6-29)18(26-11-27-19)25-10-12-3-2-4-13(16(12)22)17(23)24;1-2/h2-4,9,11,17H,5-8,10H2,1H3,(H,25,26,27);1-2H3. The Labute approximate surface area is 194 Å². The number of pyridine rings is 1. The summed E-state index contributed by atoms with van der Waals surface area (Å²) in [6.07, 6.45) is -1.71. The molecule has 4 rings (SSSR count). The van der Waals surface area contributed by atoms with Crippen LogP contribution in [0.25, 0.3) is 11.0 Å². The lowest BCUT2D eigenvalue weighted by molar-refractivity contribution is 0.0301. The fraction of sp³-hybridized carbons (Fsp3) is 0.391. The average Bonchev–Trinajstić information content (AvgIpc) is 2.86. The van der Waals surface area contributed by atoms with Crippen molar-refractivity contribution in [2.24, 2.45) is 7.05 Å². The number of carbonyl (C=O) groups is 1. The minimum atomic E-state index is -2.93. The maximum absolute atomic E-state index is 14.4. The molecule has 1 aromatic carbocycles. The molecule has 0 spiro atoms. The van der Waals surface area contributed by atoms with Gasteiger partial charge >= 0.3 is 0 Å². The first-order chi connectivity index (χ1) is 16.4. The second-order valence-electron chi connectivity index (χ2n) is 7.26. The zero-order chi connectivity index (χ0) is 24.8. The predicted octanol–water partition coefficient (Wildman–Crippen LogP) is 3.52. The summed E-state index contributed by atoms with van der Waals surface area (Å²) in [5.74, 6) is -1.19. The number of aromatic nitrogens is 3. The van der Waals surface area contributed by atoms with Crippen molar-refractivity contribution in [1.29, 1.82) is 0 Å². The molecule has 1 saturated heterocycles. The highest BCUT2D eigenvalue weighted by atomic mass is 19.3. The highest BCUT2D eigenvalue weighted by Crippen LogP contribution is 2.25. The lowest BCUT2D eigenvalue weighted by Gasteiger charge is -2.26. The van der Waals surface area contributed by atoms with Crippen LogP contribution >= 0.6 is 0 Å². The molecule has 0 unspecified atom stereocenters. The van der Waals surface area contributed by atoms with E-state index in [2.05, 4.69) is 15.3 Å². The Balaban J connectivity index is 0.00000158. The molecular weight excluding hydrogens is 451 g/mol. The molecule has 0 bridgehead atoms. The van der Waals surface area contributed by atoms with Crippen LogP contribution in [0.5, 0.6) is 0 Å². The number of hydrogen-bond donors (Lipinski definition) is 1. The summed E-state index contributed by atoms with van der Waals surface area (Å²) < 4.78 is 46.8. The first kappa shape index (κ1) is 25.2. The van der Waals surface area contributed by atoms with E-state index in [-0.39, 0.29) is 29.1 Å². The zero-order valence-electron chi connectivity index (χ0n) is 19.1. The van der Waals surface area contributed by atoms with Gasteiger partial charge in [0, 0.05) is 32.2 Å². The smallest absolute Gasteiger partial charge is 0.266 e. The lowest BCUT2D eigenvalue weighted by atomic mass is 10.1. The third-order valence-corrected chi connectivity index (χ3v) is 5.32. The fourth-order valence-corrected chi connectivity index (χ4v) is 3.58. The Bertz CT molecular complexity index is 1230. The Morgan fingerprint density at radius 2 is 1.91 bits per heavy atom. The Hall–Kier alpha value is -3.47. The first-order valence-corrected chi connectivity index (χ1v) is 10.9. The molecule has 11 heteroatoms. The van der Waals surface area contributed by atoms with Crippen LogP contribution < -0.4 is 10.9 Å². The summed E-state index contributed by atoms with van der Waals surface area (Å²) in [5, 5.41) is 3.28. The number of hydrogen-bond acceptors (Lipinski definition) is 6. The topological polar surface area (TPSA) is 89.4 Å². The van der Waals surface area contributed by atoms with Gasteiger partial charge in [-0.2, -0.15) is 0 Å². The molecule has 1 amide bonds. The van der Waals surface area contributed by atoms with Crippen molar-refractivity contribution >= 4 is 22.8 Å². The number of nitrogens with one attached hydrogen (secondary N) is 1. The molecular formula is C23H26F3N5O3. The third-order valence-electron chi connectivity index (χ3n) is 5.32. The number of ether oxygens (including phenoxy) is 1. The van der Waals surface area contributed by atoms with Gasteiger partial charge in [-0.05, 0) is 6.07 Å². The summed E-state index contributed by atoms with van der Waals surface area (Å²) in [6.45, 7) is 5.39. The number of nitrogens with zero attached hydrogens (tertiary/aromatic N) is 4. The van der Waals surface area contributed by atoms with Crippen LogP contribution in [0.1, 0.15) is 41.8 Å². The van der Waals surface area contributed by atoms with Crippen LogP contribution in [0.4, 0.5) is 19.0 Å². The summed E-state index contributed by atoms with van der Waals surface area (Å²) in [7, 11) is 1.49. The number of aryl methyl sites for hydroxylation is 1. The van der Waals surface area contributed by atoms with E-state index in [0.717, 1.165) is 6.07 Å². The molecule has 34 heavy (non-hydrogen) atoms. The molecule has 0 radical (unpaired) electrons. The number of benzene rings is 1. The van der Waals surface area contributed by atoms with Crippen LogP contribution in [0.15, 0.2) is 35.4 Å². The molecule has 1 aliphatic heterocycles. The van der Waals surface area contributed by atoms with Crippen molar-refractivity contribution in [3.05, 3.63) is 63.5 Å². The summed E-state index contributed by atoms with van der Waals surface area (Å²) in [5.41, 5.74) is -0.936. The Morgan fingerprint density at radius 1 is 1.21 bits per heavy atom. The van der Waals surface area contributed by atoms with E-state index in [9.17, 15) is 22.8 Å². The van der Waals surface area contributed by atoms with Gasteiger partial charge in [0.05, 0.1) is 24.2 Å². The third kappa shape index (κ3) is 5.04. The number of carbonyl (C=O) groups excluding carboxylic acids is 1. The highest BCUT2D eigenvalue weighted by molar-refractivity contribution is 5.99. The number of morpholine rings is 1. The monoisotopic (exact) mass is 477 g/mol. The van der Waals surface area contributed by atoms with Crippen LogP contribution in [0.2, 0.25) is 0 Å². The van der Waals surface area contributed by atoms with Gasteiger partial charge in [-0.1, -0.05) is 32.0 Å². The number of amides is 1. The first-order valence-electron chi connectivity index (χ1n) is 10.9. The molecule has 3 heterocycles. The van der Waals surface area contributed by atoms with Crippen molar-refractivity contribution in [3.63, 3.8) is 0 Å². The summed E-state index contributed by atoms with van der Waals surface area (Å²) in [4.78, 5) is 35.5. The molecule has 1 fully saturated rings. The molecule has 0 atom stereocenters. The Kier molecular flexibility index (Phi) is 8.21. The quantitative estimate of drug-likeness (QED) is 0.605. The second-order valence-corrected chi connectivity index (χ2v) is 7.26. The van der Waals surface area contributed by atoms with Gasteiger partial charge in [-0.15, -0.1) is 0 Å². The highest BCUT2D eigenvalue weighted by Gasteiger charge is 2.24. The van der Waals surface area contributed by atoms with Gasteiger partial charge in [0.25, 0.3) is 17.9 Å². The minimum absolute atomic E-state index is 0.0315. The van der Waals surface area contributed by atoms with E-state index in [1.165, 1.54) is 41.0 Å². The number of alkyl halides is 2. The molecule has 1 aliphatic rings. The van der Waals surface area contributed by atoms with E-state index in [1.807, 2.05) is 13.8 Å². The van der Waals surface area contributed by atoms with E-state index >= 15 is 0 Å². The SMILES string of the molecule is CC.Cn1c(=O)c(C(=O)N2CCOCC2)cc2c(NCc3cccc(C(F)F)c3F)ncnc21. The van der Waals surface area contributed by atoms with Crippen molar-refractivity contribution in [2.75, 3.05) is 31.6 Å². The largest absolute Gasteiger partial charge is 0.378 e. The van der Waals surface area contributed by atoms with Gasteiger partial charge in [0.1, 0.15) is 29.2 Å². The van der Waals surface area contributed by atoms with Gasteiger partial charge in [-0.3, -0.25) is 14.2 Å². The van der Waals surface area contributed by atoms with Gasteiger partial charge in [0.2, 0.25) is 0 Å². The molecule has 0 aliphatic carbocycles. The van der Waals surface area contributed by atoms with E-state index < -0.39 is 29.3 Å². The van der Waals surface area contributed by atoms with Crippen molar-refractivity contribution in [1.82, 2.24) is 19.4 Å². The van der Waals surface area contributed by atoms with Crippen molar-refractivity contribution in [3.8, 4) is 0 Å². The normalized spacial score (nSPS) is 13.6. The maximum Gasteiger partial charge on any atom is 0.266 e. The average molecular weight is 477 g/mol. The van der Waals surface area contributed by atoms with Crippen LogP contribution in [-0.4, -0.2) is 51.6 Å². The maximum atomic E-state index is 14.4. The number of fused-ring (bicyclic) bond motifs is 1. The molecule has 1 N–H and O–H groups in total. The zero-order valence-corrected chi connectivity index (χ0v) is 19.1. The van der Waals surface area contributed by atoms with E-state index in [1.54, 1.807) is 0 Å². The van der Waals surface area contributed by atoms with Crippen molar-refractivity contribution in [2.45, 2.75) is 26.8 Å². The lowest BCUT2D eigenvalue weighted by Crippen LogP contribution is -2.43. The van der Waals surface area contributed by atoms with Crippen LogP contribution in [0, 0.1) is 5.82 Å². The molecule has 3 aromatic rings. The minimum Gasteiger partial charge on any atom is -0.378 e. The van der Waals surface area contributed by atoms with Gasteiger partial charge < -0.3 is 15.0 Å². The number of anilines is 1. The van der Waals surface area contributed by atoms with Gasteiger partial charge in [-0.25, -0.2) is 23.1 Å². The summed E-state index contributed by atoms with van der Waals surface area (Å²) in [6, 6.07) is 5.18. The van der Waals surface area contributed by atoms with Crippen molar-refractivity contribution < 1.29 is 22.7 Å². The summed E-state index contributed by atoms with van der Waals surface area (Å²) >= 11 is 0. The van der Waals surface area contributed by atoms with Gasteiger partial charge in [0.15, 0.2) is 0 Å². The number of rotatable bonds is 5. The fourth-order valence-electron chi connectivity index (χ4n) is 3.58. The Morgan fingerprint density at radius 3 is 2.59 bits per heavy atom.